The summed E-state index contributed by atoms with van der Waals surface area (Å²) >= 11 is 0. The third kappa shape index (κ3) is 1.65. The first kappa shape index (κ1) is 8.90. The molecule has 72 valence electrons. The number of aromatic nitrogens is 3. The number of nitrogens with zero attached hydrogens (tertiary/aromatic N) is 3. The minimum Gasteiger partial charge on any atom is -0.330 e. The highest BCUT2D eigenvalue weighted by Gasteiger charge is 2.02. The van der Waals surface area contributed by atoms with Crippen molar-refractivity contribution in [1.82, 2.24) is 14.8 Å². The molecule has 2 aromatic rings. The summed E-state index contributed by atoms with van der Waals surface area (Å²) in [5.41, 5.74) is 7.86. The van der Waals surface area contributed by atoms with E-state index >= 15 is 0 Å². The topological polar surface area (TPSA) is 56.7 Å². The molecule has 0 fully saturated rings. The first-order chi connectivity index (χ1) is 6.92. The van der Waals surface area contributed by atoms with Gasteiger partial charge in [-0.15, -0.1) is 10.2 Å². The summed E-state index contributed by atoms with van der Waals surface area (Å²) in [6, 6.07) is 8.12. The van der Waals surface area contributed by atoms with E-state index in [9.17, 15) is 0 Å². The quantitative estimate of drug-likeness (QED) is 0.774. The van der Waals surface area contributed by atoms with Crippen LogP contribution in [0.2, 0.25) is 0 Å². The standard InChI is InChI=1S/C10H12N4/c11-6-5-9-3-1-2-4-10(9)14-7-12-13-8-14/h1-4,7-8H,5-6,11H2. The summed E-state index contributed by atoms with van der Waals surface area (Å²) in [6.07, 6.45) is 4.25. The van der Waals surface area contributed by atoms with Crippen LogP contribution in [0.5, 0.6) is 0 Å². The second kappa shape index (κ2) is 4.02. The Morgan fingerprint density at radius 1 is 1.14 bits per heavy atom. The Hall–Kier alpha value is -1.68. The lowest BCUT2D eigenvalue weighted by Gasteiger charge is -2.07. The highest BCUT2D eigenvalue weighted by Crippen LogP contribution is 2.13. The fraction of sp³-hybridized carbons (Fsp3) is 0.200. The van der Waals surface area contributed by atoms with E-state index in [0.717, 1.165) is 12.1 Å². The predicted molar refractivity (Wildman–Crippen MR) is 54.1 cm³/mol. The largest absolute Gasteiger partial charge is 0.330 e. The molecule has 2 rings (SSSR count). The van der Waals surface area contributed by atoms with Crippen LogP contribution in [0.4, 0.5) is 0 Å². The van der Waals surface area contributed by atoms with E-state index in [4.69, 9.17) is 5.73 Å². The SMILES string of the molecule is NCCc1ccccc1-n1cnnc1. The van der Waals surface area contributed by atoms with Gasteiger partial charge >= 0.3 is 0 Å². The van der Waals surface area contributed by atoms with E-state index in [1.807, 2.05) is 22.8 Å². The van der Waals surface area contributed by atoms with Crippen molar-refractivity contribution in [2.45, 2.75) is 6.42 Å². The van der Waals surface area contributed by atoms with E-state index in [0.29, 0.717) is 6.54 Å². The summed E-state index contributed by atoms with van der Waals surface area (Å²) < 4.78 is 1.89. The van der Waals surface area contributed by atoms with Crippen molar-refractivity contribution in [1.29, 1.82) is 0 Å². The normalized spacial score (nSPS) is 10.4. The highest BCUT2D eigenvalue weighted by molar-refractivity contribution is 5.40. The minimum absolute atomic E-state index is 0.652. The molecule has 0 aliphatic heterocycles. The molecular weight excluding hydrogens is 176 g/mol. The van der Waals surface area contributed by atoms with Gasteiger partial charge in [0.2, 0.25) is 0 Å². The van der Waals surface area contributed by atoms with Crippen LogP contribution in [0.25, 0.3) is 5.69 Å². The van der Waals surface area contributed by atoms with Gasteiger partial charge in [0.05, 0.1) is 5.69 Å². The molecule has 0 saturated carbocycles. The second-order valence-corrected chi connectivity index (χ2v) is 3.04. The summed E-state index contributed by atoms with van der Waals surface area (Å²) in [7, 11) is 0. The highest BCUT2D eigenvalue weighted by atomic mass is 15.2. The molecule has 0 bridgehead atoms. The van der Waals surface area contributed by atoms with Crippen LogP contribution >= 0.6 is 0 Å². The zero-order valence-corrected chi connectivity index (χ0v) is 7.80. The van der Waals surface area contributed by atoms with Gasteiger partial charge in [-0.25, -0.2) is 0 Å². The van der Waals surface area contributed by atoms with Crippen molar-refractivity contribution < 1.29 is 0 Å². The zero-order valence-electron chi connectivity index (χ0n) is 7.80. The second-order valence-electron chi connectivity index (χ2n) is 3.04. The van der Waals surface area contributed by atoms with Crippen LogP contribution in [0, 0.1) is 0 Å². The van der Waals surface area contributed by atoms with Crippen LogP contribution in [-0.4, -0.2) is 21.3 Å². The third-order valence-electron chi connectivity index (χ3n) is 2.10. The first-order valence-electron chi connectivity index (χ1n) is 4.55. The lowest BCUT2D eigenvalue weighted by molar-refractivity contribution is 0.934. The van der Waals surface area contributed by atoms with E-state index < -0.39 is 0 Å². The van der Waals surface area contributed by atoms with E-state index in [1.54, 1.807) is 12.7 Å². The van der Waals surface area contributed by atoms with Crippen molar-refractivity contribution in [2.75, 3.05) is 6.54 Å². The summed E-state index contributed by atoms with van der Waals surface area (Å²) in [5.74, 6) is 0. The molecule has 0 aliphatic rings. The molecular formula is C10H12N4. The first-order valence-corrected chi connectivity index (χ1v) is 4.55. The van der Waals surface area contributed by atoms with Crippen LogP contribution < -0.4 is 5.73 Å². The Labute approximate surface area is 82.4 Å². The van der Waals surface area contributed by atoms with Crippen LogP contribution in [0.3, 0.4) is 0 Å². The number of rotatable bonds is 3. The van der Waals surface area contributed by atoms with Gasteiger partial charge in [0.15, 0.2) is 0 Å². The van der Waals surface area contributed by atoms with E-state index in [2.05, 4.69) is 16.3 Å². The molecule has 1 heterocycles. The maximum Gasteiger partial charge on any atom is 0.123 e. The van der Waals surface area contributed by atoms with Crippen molar-refractivity contribution in [3.05, 3.63) is 42.5 Å². The molecule has 2 N–H and O–H groups in total. The number of hydrogen-bond acceptors (Lipinski definition) is 3. The number of para-hydroxylation sites is 1. The molecule has 1 aromatic heterocycles. The van der Waals surface area contributed by atoms with Gasteiger partial charge in [0.25, 0.3) is 0 Å². The maximum absolute atomic E-state index is 5.54. The van der Waals surface area contributed by atoms with Crippen molar-refractivity contribution >= 4 is 0 Å². The molecule has 4 heteroatoms. The number of benzene rings is 1. The van der Waals surface area contributed by atoms with E-state index in [1.165, 1.54) is 5.56 Å². The Morgan fingerprint density at radius 2 is 1.86 bits per heavy atom. The molecule has 0 aliphatic carbocycles. The van der Waals surface area contributed by atoms with Gasteiger partial charge in [-0.1, -0.05) is 18.2 Å². The summed E-state index contributed by atoms with van der Waals surface area (Å²) in [6.45, 7) is 0.652. The third-order valence-corrected chi connectivity index (χ3v) is 2.10. The maximum atomic E-state index is 5.54. The summed E-state index contributed by atoms with van der Waals surface area (Å²) in [4.78, 5) is 0. The molecule has 0 saturated heterocycles. The Kier molecular flexibility index (Phi) is 2.55. The summed E-state index contributed by atoms with van der Waals surface area (Å²) in [5, 5.41) is 7.56. The van der Waals surface area contributed by atoms with Crippen LogP contribution in [0.15, 0.2) is 36.9 Å². The van der Waals surface area contributed by atoms with Gasteiger partial charge in [0, 0.05) is 0 Å². The fourth-order valence-corrected chi connectivity index (χ4v) is 1.45. The molecule has 0 atom stereocenters. The molecule has 0 unspecified atom stereocenters. The van der Waals surface area contributed by atoms with Crippen LogP contribution in [-0.2, 0) is 6.42 Å². The molecule has 14 heavy (non-hydrogen) atoms. The fourth-order valence-electron chi connectivity index (χ4n) is 1.45. The van der Waals surface area contributed by atoms with Crippen molar-refractivity contribution in [3.63, 3.8) is 0 Å². The lowest BCUT2D eigenvalue weighted by Crippen LogP contribution is -2.06. The molecule has 0 spiro atoms. The van der Waals surface area contributed by atoms with Crippen molar-refractivity contribution in [3.8, 4) is 5.69 Å². The van der Waals surface area contributed by atoms with Gasteiger partial charge < -0.3 is 5.73 Å². The van der Waals surface area contributed by atoms with Gasteiger partial charge in [-0.2, -0.15) is 0 Å². The minimum atomic E-state index is 0.652. The Bertz CT molecular complexity index is 394. The van der Waals surface area contributed by atoms with Gasteiger partial charge in [0.1, 0.15) is 12.7 Å². The molecule has 0 radical (unpaired) electrons. The Morgan fingerprint density at radius 3 is 2.57 bits per heavy atom. The van der Waals surface area contributed by atoms with Gasteiger partial charge in [-0.05, 0) is 24.6 Å². The van der Waals surface area contributed by atoms with Crippen LogP contribution in [0.1, 0.15) is 5.56 Å². The smallest absolute Gasteiger partial charge is 0.123 e. The molecule has 0 amide bonds. The lowest BCUT2D eigenvalue weighted by atomic mass is 10.1. The average molecular weight is 188 g/mol. The molecule has 4 nitrogen and oxygen atoms in total. The number of hydrogen-bond donors (Lipinski definition) is 1. The van der Waals surface area contributed by atoms with Gasteiger partial charge in [-0.3, -0.25) is 4.57 Å². The average Bonchev–Trinajstić information content (AvgIpc) is 2.72. The predicted octanol–water partition coefficient (Wildman–Crippen LogP) is 0.768. The molecule has 1 aromatic carbocycles. The monoisotopic (exact) mass is 188 g/mol. The van der Waals surface area contributed by atoms with E-state index in [-0.39, 0.29) is 0 Å². The zero-order chi connectivity index (χ0) is 9.80. The number of nitrogens with two attached hydrogens (primary N) is 1. The Balaban J connectivity index is 2.42. The van der Waals surface area contributed by atoms with Crippen molar-refractivity contribution in [2.24, 2.45) is 5.73 Å².